The van der Waals surface area contributed by atoms with Crippen molar-refractivity contribution in [2.24, 2.45) is 0 Å². The summed E-state index contributed by atoms with van der Waals surface area (Å²) in [4.78, 5) is 0. The van der Waals surface area contributed by atoms with E-state index in [1.54, 1.807) is 0 Å². The third-order valence-corrected chi connectivity index (χ3v) is 13.3. The fourth-order valence-electron chi connectivity index (χ4n) is 10.4. The van der Waals surface area contributed by atoms with E-state index in [1.165, 1.54) is 82.0 Å². The van der Waals surface area contributed by atoms with Gasteiger partial charge in [-0.05, 0) is 141 Å². The summed E-state index contributed by atoms with van der Waals surface area (Å²) < 4.78 is 6.79. The van der Waals surface area contributed by atoms with Gasteiger partial charge in [0.1, 0.15) is 11.2 Å². The van der Waals surface area contributed by atoms with Crippen molar-refractivity contribution in [1.82, 2.24) is 0 Å². The molecule has 310 valence electrons. The van der Waals surface area contributed by atoms with Gasteiger partial charge in [-0.25, -0.2) is 0 Å². The van der Waals surface area contributed by atoms with Crippen LogP contribution in [0.4, 0.5) is 0 Å². The minimum Gasteiger partial charge on any atom is -0.456 e. The Morgan fingerprint density at radius 1 is 0.379 bits per heavy atom. The molecule has 1 heterocycles. The molecule has 0 atom stereocenters. The Balaban J connectivity index is 1.12. The zero-order chi connectivity index (χ0) is 44.1. The van der Waals surface area contributed by atoms with Gasteiger partial charge in [0, 0.05) is 10.8 Å². The number of hydrogen-bond acceptors (Lipinski definition) is 1. The summed E-state index contributed by atoms with van der Waals surface area (Å²) in [6, 6.07) is 80.8. The molecule has 1 nitrogen and oxygen atoms in total. The van der Waals surface area contributed by atoms with Gasteiger partial charge in [0.2, 0.25) is 0 Å². The van der Waals surface area contributed by atoms with E-state index in [-0.39, 0.29) is 0 Å². The van der Waals surface area contributed by atoms with Gasteiger partial charge in [-0.3, -0.25) is 0 Å². The molecule has 0 unspecified atom stereocenters. The first kappa shape index (κ1) is 39.1. The Morgan fingerprint density at radius 2 is 0.848 bits per heavy atom. The third kappa shape index (κ3) is 6.56. The van der Waals surface area contributed by atoms with Crippen LogP contribution in [0, 0.1) is 0 Å². The molecule has 0 aliphatic rings. The highest BCUT2D eigenvalue weighted by molar-refractivity contribution is 6.26. The fraction of sp³-hybridized carbons (Fsp3) is 0.0154. The number of hydrogen-bond donors (Lipinski definition) is 0. The molecule has 0 spiro atoms. The molecule has 0 saturated carbocycles. The molecule has 66 heavy (non-hydrogen) atoms. The van der Waals surface area contributed by atoms with Crippen molar-refractivity contribution >= 4 is 81.7 Å². The normalized spacial score (nSPS) is 12.3. The molecule has 0 radical (unpaired) electrons. The second-order valence-electron chi connectivity index (χ2n) is 17.2. The molecular weight excluding hydrogens is 797 g/mol. The molecule has 12 rings (SSSR count). The van der Waals surface area contributed by atoms with Crippen molar-refractivity contribution in [2.75, 3.05) is 0 Å². The minimum atomic E-state index is 0.868. The SMILES string of the molecule is C=C(/C=C(\C=C(/C)c1ccccc1)c1c2ccccc2c(-c2cccc3oc4ccc(-c5c6ccccc6c(-c6ccccc6)c6ccccc56)cc4c23)c2ccccc12)c1ccccc1. The quantitative estimate of drug-likeness (QED) is 0.110. The molecular formula is C65H44O. The first-order valence-electron chi connectivity index (χ1n) is 22.7. The van der Waals surface area contributed by atoms with Gasteiger partial charge in [0.15, 0.2) is 0 Å². The van der Waals surface area contributed by atoms with Crippen molar-refractivity contribution in [1.29, 1.82) is 0 Å². The Kier molecular flexibility index (Phi) is 9.62. The molecule has 1 heteroatoms. The lowest BCUT2D eigenvalue weighted by atomic mass is 9.83. The summed E-state index contributed by atoms with van der Waals surface area (Å²) >= 11 is 0. The van der Waals surface area contributed by atoms with Gasteiger partial charge in [-0.15, -0.1) is 0 Å². The predicted octanol–water partition coefficient (Wildman–Crippen LogP) is 18.4. The average Bonchev–Trinajstić information content (AvgIpc) is 3.76. The lowest BCUT2D eigenvalue weighted by molar-refractivity contribution is 0.669. The van der Waals surface area contributed by atoms with Crippen LogP contribution in [0.1, 0.15) is 23.6 Å². The smallest absolute Gasteiger partial charge is 0.136 e. The van der Waals surface area contributed by atoms with Crippen molar-refractivity contribution in [2.45, 2.75) is 6.92 Å². The van der Waals surface area contributed by atoms with E-state index in [1.807, 2.05) is 0 Å². The number of allylic oxidation sites excluding steroid dienone is 5. The summed E-state index contributed by atoms with van der Waals surface area (Å²) in [5, 5.41) is 11.9. The average molecular weight is 841 g/mol. The van der Waals surface area contributed by atoms with Gasteiger partial charge in [-0.1, -0.05) is 219 Å². The molecule has 0 N–H and O–H groups in total. The maximum absolute atomic E-state index is 6.79. The molecule has 0 fully saturated rings. The third-order valence-electron chi connectivity index (χ3n) is 13.3. The summed E-state index contributed by atoms with van der Waals surface area (Å²) in [6.07, 6.45) is 4.60. The second-order valence-corrected chi connectivity index (χ2v) is 17.2. The second kappa shape index (κ2) is 16.2. The highest BCUT2D eigenvalue weighted by Gasteiger charge is 2.23. The number of benzene rings is 11. The largest absolute Gasteiger partial charge is 0.456 e. The first-order chi connectivity index (χ1) is 32.6. The molecule has 0 amide bonds. The van der Waals surface area contributed by atoms with Crippen LogP contribution >= 0.6 is 0 Å². The van der Waals surface area contributed by atoms with Crippen LogP contribution in [-0.2, 0) is 0 Å². The van der Waals surface area contributed by atoms with Crippen molar-refractivity contribution in [3.05, 3.63) is 260 Å². The number of fused-ring (bicyclic) bond motifs is 7. The van der Waals surface area contributed by atoms with Crippen LogP contribution in [0.3, 0.4) is 0 Å². The maximum atomic E-state index is 6.79. The number of rotatable bonds is 8. The van der Waals surface area contributed by atoms with Crippen molar-refractivity contribution < 1.29 is 4.42 Å². The molecule has 0 aliphatic heterocycles. The van der Waals surface area contributed by atoms with Gasteiger partial charge < -0.3 is 4.42 Å². The van der Waals surface area contributed by atoms with Gasteiger partial charge in [0.05, 0.1) is 0 Å². The first-order valence-corrected chi connectivity index (χ1v) is 22.7. The van der Waals surface area contributed by atoms with E-state index in [9.17, 15) is 0 Å². The van der Waals surface area contributed by atoms with Gasteiger partial charge in [-0.2, -0.15) is 0 Å². The van der Waals surface area contributed by atoms with E-state index < -0.39 is 0 Å². The molecule has 0 aliphatic carbocycles. The Morgan fingerprint density at radius 3 is 1.41 bits per heavy atom. The highest BCUT2D eigenvalue weighted by Crippen LogP contribution is 2.49. The molecule has 1 aromatic heterocycles. The fourth-order valence-corrected chi connectivity index (χ4v) is 10.4. The van der Waals surface area contributed by atoms with Crippen LogP contribution in [0.25, 0.3) is 115 Å². The molecule has 11 aromatic carbocycles. The summed E-state index contributed by atoms with van der Waals surface area (Å²) in [5.41, 5.74) is 15.6. The molecule has 0 saturated heterocycles. The van der Waals surface area contributed by atoms with Gasteiger partial charge in [0.25, 0.3) is 0 Å². The van der Waals surface area contributed by atoms with Crippen molar-refractivity contribution in [3.8, 4) is 33.4 Å². The monoisotopic (exact) mass is 840 g/mol. The van der Waals surface area contributed by atoms with Crippen molar-refractivity contribution in [3.63, 3.8) is 0 Å². The topological polar surface area (TPSA) is 13.1 Å². The summed E-state index contributed by atoms with van der Waals surface area (Å²) in [5.74, 6) is 0. The summed E-state index contributed by atoms with van der Waals surface area (Å²) in [7, 11) is 0. The van der Waals surface area contributed by atoms with E-state index in [0.29, 0.717) is 0 Å². The van der Waals surface area contributed by atoms with Crippen LogP contribution in [0.5, 0.6) is 0 Å². The van der Waals surface area contributed by atoms with Crippen LogP contribution in [-0.4, -0.2) is 0 Å². The maximum Gasteiger partial charge on any atom is 0.136 e. The van der Waals surface area contributed by atoms with E-state index >= 15 is 0 Å². The summed E-state index contributed by atoms with van der Waals surface area (Å²) in [6.45, 7) is 6.82. The van der Waals surface area contributed by atoms with E-state index in [2.05, 4.69) is 250 Å². The Labute approximate surface area is 384 Å². The number of furan rings is 1. The van der Waals surface area contributed by atoms with Crippen LogP contribution in [0.15, 0.2) is 248 Å². The Hall–Kier alpha value is -8.52. The highest BCUT2D eigenvalue weighted by atomic mass is 16.3. The lowest BCUT2D eigenvalue weighted by Gasteiger charge is -2.20. The predicted molar refractivity (Wildman–Crippen MR) is 284 cm³/mol. The zero-order valence-corrected chi connectivity index (χ0v) is 36.6. The lowest BCUT2D eigenvalue weighted by Crippen LogP contribution is -1.94. The van der Waals surface area contributed by atoms with Gasteiger partial charge >= 0.3 is 0 Å². The van der Waals surface area contributed by atoms with Crippen LogP contribution < -0.4 is 0 Å². The zero-order valence-electron chi connectivity index (χ0n) is 36.6. The minimum absolute atomic E-state index is 0.868. The van der Waals surface area contributed by atoms with E-state index in [4.69, 9.17) is 4.42 Å². The molecule has 12 aromatic rings. The standard InChI is InChI=1S/C65H44O/c1-42(44-21-6-3-7-22-44)39-48(40-43(2)45-23-8-4-9-24-45)63-53-31-16-18-33-55(53)64(56-34-19-17-32-54(56)63)57-35-20-36-60-65(57)58-41-47(37-38-59(58)66-60)62-51-29-14-12-27-49(51)61(46-25-10-5-11-26-46)50-28-13-15-30-52(50)62/h3-41H,1H2,2H3/b43-40+,48-39+. The Bertz CT molecular complexity index is 3810. The van der Waals surface area contributed by atoms with Crippen LogP contribution in [0.2, 0.25) is 0 Å². The van der Waals surface area contributed by atoms with E-state index in [0.717, 1.165) is 49.8 Å². The molecule has 0 bridgehead atoms.